The summed E-state index contributed by atoms with van der Waals surface area (Å²) in [6.45, 7) is 5.19. The van der Waals surface area contributed by atoms with Crippen LogP contribution >= 0.6 is 11.8 Å². The summed E-state index contributed by atoms with van der Waals surface area (Å²) in [7, 11) is 0. The zero-order valence-electron chi connectivity index (χ0n) is 8.09. The van der Waals surface area contributed by atoms with Gasteiger partial charge in [0.25, 0.3) is 0 Å². The van der Waals surface area contributed by atoms with Gasteiger partial charge in [-0.25, -0.2) is 0 Å². The number of allylic oxidation sites excluding steroid dienone is 2. The standard InChI is InChI=1S/C10H15NOS/c1-6-5-7(2)10-8(9(6)12)11-3-4-13-10/h6-7,11H,3-5H2,1-2H3. The minimum absolute atomic E-state index is 0.208. The van der Waals surface area contributed by atoms with Crippen LogP contribution in [0.3, 0.4) is 0 Å². The number of hydrogen-bond donors (Lipinski definition) is 1. The third-order valence-electron chi connectivity index (χ3n) is 2.76. The smallest absolute Gasteiger partial charge is 0.182 e. The summed E-state index contributed by atoms with van der Waals surface area (Å²) in [6, 6.07) is 0. The van der Waals surface area contributed by atoms with E-state index in [4.69, 9.17) is 0 Å². The van der Waals surface area contributed by atoms with Crippen LogP contribution < -0.4 is 5.32 Å². The van der Waals surface area contributed by atoms with Crippen LogP contribution in [0.4, 0.5) is 0 Å². The predicted molar refractivity (Wildman–Crippen MR) is 55.4 cm³/mol. The van der Waals surface area contributed by atoms with Gasteiger partial charge in [0.15, 0.2) is 5.78 Å². The Balaban J connectivity index is 2.35. The molecule has 0 amide bonds. The molecular formula is C10H15NOS. The number of thioether (sulfide) groups is 1. The summed E-state index contributed by atoms with van der Waals surface area (Å²) in [4.78, 5) is 13.1. The fraction of sp³-hybridized carbons (Fsp3) is 0.700. The summed E-state index contributed by atoms with van der Waals surface area (Å²) in [5.41, 5.74) is 0.919. The van der Waals surface area contributed by atoms with Gasteiger partial charge in [-0.2, -0.15) is 0 Å². The quantitative estimate of drug-likeness (QED) is 0.642. The minimum Gasteiger partial charge on any atom is -0.381 e. The molecule has 2 aliphatic rings. The topological polar surface area (TPSA) is 29.1 Å². The molecule has 1 aliphatic heterocycles. The Bertz CT molecular complexity index is 272. The first-order valence-electron chi connectivity index (χ1n) is 4.85. The van der Waals surface area contributed by atoms with Crippen LogP contribution in [0.25, 0.3) is 0 Å². The van der Waals surface area contributed by atoms with Crippen LogP contribution in [-0.2, 0) is 4.79 Å². The third kappa shape index (κ3) is 1.50. The van der Waals surface area contributed by atoms with Crippen LogP contribution in [0.15, 0.2) is 10.6 Å². The van der Waals surface area contributed by atoms with Gasteiger partial charge in [-0.15, -0.1) is 11.8 Å². The Morgan fingerprint density at radius 1 is 1.38 bits per heavy atom. The van der Waals surface area contributed by atoms with E-state index in [2.05, 4.69) is 12.2 Å². The van der Waals surface area contributed by atoms with E-state index < -0.39 is 0 Å². The van der Waals surface area contributed by atoms with E-state index in [0.29, 0.717) is 11.7 Å². The molecule has 0 aromatic carbocycles. The van der Waals surface area contributed by atoms with Gasteiger partial charge >= 0.3 is 0 Å². The zero-order chi connectivity index (χ0) is 9.42. The average Bonchev–Trinajstić information content (AvgIpc) is 2.15. The van der Waals surface area contributed by atoms with Crippen LogP contribution in [-0.4, -0.2) is 18.1 Å². The predicted octanol–water partition coefficient (Wildman–Crippen LogP) is 1.78. The summed E-state index contributed by atoms with van der Waals surface area (Å²) in [5.74, 6) is 2.20. The zero-order valence-corrected chi connectivity index (χ0v) is 8.91. The molecule has 1 heterocycles. The maximum atomic E-state index is 11.8. The maximum absolute atomic E-state index is 11.8. The molecule has 1 N–H and O–H groups in total. The molecule has 2 unspecified atom stereocenters. The van der Waals surface area contributed by atoms with E-state index in [0.717, 1.165) is 24.4 Å². The van der Waals surface area contributed by atoms with Gasteiger partial charge < -0.3 is 5.32 Å². The van der Waals surface area contributed by atoms with E-state index in [1.54, 1.807) is 0 Å². The number of nitrogens with one attached hydrogen (secondary N) is 1. The van der Waals surface area contributed by atoms with Gasteiger partial charge in [0.05, 0.1) is 5.70 Å². The van der Waals surface area contributed by atoms with Crippen molar-refractivity contribution in [3.63, 3.8) is 0 Å². The summed E-state index contributed by atoms with van der Waals surface area (Å²) in [6.07, 6.45) is 1.02. The third-order valence-corrected chi connectivity index (χ3v) is 4.08. The molecule has 3 heteroatoms. The Hall–Kier alpha value is -0.440. The molecular weight excluding hydrogens is 182 g/mol. The first kappa shape index (κ1) is 9.13. The second-order valence-corrected chi connectivity index (χ2v) is 5.05. The van der Waals surface area contributed by atoms with Gasteiger partial charge in [-0.05, 0) is 12.3 Å². The average molecular weight is 197 g/mol. The van der Waals surface area contributed by atoms with Gasteiger partial charge in [0, 0.05) is 23.1 Å². The van der Waals surface area contributed by atoms with Crippen molar-refractivity contribution in [2.75, 3.05) is 12.3 Å². The first-order valence-corrected chi connectivity index (χ1v) is 5.83. The van der Waals surface area contributed by atoms with Gasteiger partial charge in [-0.1, -0.05) is 13.8 Å². The molecule has 2 nitrogen and oxygen atoms in total. The van der Waals surface area contributed by atoms with E-state index >= 15 is 0 Å². The SMILES string of the molecule is CC1CC(C)C2=C(NCCS2)C1=O. The number of ketones is 1. The highest BCUT2D eigenvalue weighted by Gasteiger charge is 2.32. The van der Waals surface area contributed by atoms with Gasteiger partial charge in [0.2, 0.25) is 0 Å². The Morgan fingerprint density at radius 2 is 2.15 bits per heavy atom. The molecule has 0 fully saturated rings. The number of Topliss-reactive ketones (excluding diaryl/α,β-unsaturated/α-hetero) is 1. The highest BCUT2D eigenvalue weighted by molar-refractivity contribution is 8.03. The largest absolute Gasteiger partial charge is 0.381 e. The molecule has 1 aliphatic carbocycles. The van der Waals surface area contributed by atoms with Crippen LogP contribution in [0.1, 0.15) is 20.3 Å². The van der Waals surface area contributed by atoms with Crippen molar-refractivity contribution in [2.24, 2.45) is 11.8 Å². The molecule has 0 radical (unpaired) electrons. The van der Waals surface area contributed by atoms with Crippen molar-refractivity contribution < 1.29 is 4.79 Å². The molecule has 0 aromatic heterocycles. The lowest BCUT2D eigenvalue weighted by Gasteiger charge is -2.32. The Morgan fingerprint density at radius 3 is 2.92 bits per heavy atom. The Kier molecular flexibility index (Phi) is 2.37. The fourth-order valence-corrected chi connectivity index (χ4v) is 3.21. The first-order chi connectivity index (χ1) is 6.20. The number of hydrogen-bond acceptors (Lipinski definition) is 3. The van der Waals surface area contributed by atoms with Crippen molar-refractivity contribution in [2.45, 2.75) is 20.3 Å². The van der Waals surface area contributed by atoms with Crippen LogP contribution in [0.2, 0.25) is 0 Å². The lowest BCUT2D eigenvalue weighted by molar-refractivity contribution is -0.120. The fourth-order valence-electron chi connectivity index (χ4n) is 2.08. The molecule has 2 atom stereocenters. The summed E-state index contributed by atoms with van der Waals surface area (Å²) in [5, 5.41) is 3.24. The second kappa shape index (κ2) is 3.37. The second-order valence-electron chi connectivity index (χ2n) is 3.92. The van der Waals surface area contributed by atoms with Crippen molar-refractivity contribution in [3.8, 4) is 0 Å². The monoisotopic (exact) mass is 197 g/mol. The van der Waals surface area contributed by atoms with Crippen LogP contribution in [0, 0.1) is 11.8 Å². The molecule has 0 bridgehead atoms. The highest BCUT2D eigenvalue weighted by Crippen LogP contribution is 2.38. The van der Waals surface area contributed by atoms with Crippen molar-refractivity contribution in [1.29, 1.82) is 0 Å². The number of rotatable bonds is 0. The molecule has 13 heavy (non-hydrogen) atoms. The molecule has 72 valence electrons. The minimum atomic E-state index is 0.208. The lowest BCUT2D eigenvalue weighted by Crippen LogP contribution is -2.36. The number of carbonyl (C=O) groups excluding carboxylic acids is 1. The summed E-state index contributed by atoms with van der Waals surface area (Å²) < 4.78 is 0. The van der Waals surface area contributed by atoms with Gasteiger partial charge in [-0.3, -0.25) is 4.79 Å². The highest BCUT2D eigenvalue weighted by atomic mass is 32.2. The van der Waals surface area contributed by atoms with Crippen LogP contribution in [0.5, 0.6) is 0 Å². The lowest BCUT2D eigenvalue weighted by atomic mass is 9.85. The normalized spacial score (nSPS) is 34.2. The molecule has 0 saturated carbocycles. The summed E-state index contributed by atoms with van der Waals surface area (Å²) >= 11 is 1.86. The van der Waals surface area contributed by atoms with Gasteiger partial charge in [0.1, 0.15) is 0 Å². The van der Waals surface area contributed by atoms with Crippen molar-refractivity contribution in [3.05, 3.63) is 10.6 Å². The van der Waals surface area contributed by atoms with E-state index in [1.807, 2.05) is 18.7 Å². The van der Waals surface area contributed by atoms with Crippen molar-refractivity contribution >= 4 is 17.5 Å². The molecule has 0 saturated heterocycles. The Labute approximate surface area is 83.2 Å². The van der Waals surface area contributed by atoms with E-state index in [9.17, 15) is 4.79 Å². The molecule has 0 spiro atoms. The van der Waals surface area contributed by atoms with Crippen molar-refractivity contribution in [1.82, 2.24) is 5.32 Å². The molecule has 0 aromatic rings. The molecule has 2 rings (SSSR count). The van der Waals surface area contributed by atoms with E-state index in [-0.39, 0.29) is 5.92 Å². The maximum Gasteiger partial charge on any atom is 0.182 e. The number of carbonyl (C=O) groups is 1. The van der Waals surface area contributed by atoms with E-state index in [1.165, 1.54) is 4.91 Å².